The van der Waals surface area contributed by atoms with Crippen LogP contribution in [0, 0.1) is 0 Å². The van der Waals surface area contributed by atoms with Gasteiger partial charge in [0.15, 0.2) is 5.11 Å². The predicted molar refractivity (Wildman–Crippen MR) is 105 cm³/mol. The Labute approximate surface area is 155 Å². The smallest absolute Gasteiger partial charge is 0.258 e. The molecule has 1 atom stereocenters. The van der Waals surface area contributed by atoms with E-state index in [1.54, 1.807) is 24.3 Å². The van der Waals surface area contributed by atoms with E-state index in [0.29, 0.717) is 21.6 Å². The Balaban J connectivity index is 2.10. The van der Waals surface area contributed by atoms with Crippen LogP contribution >= 0.6 is 28.1 Å². The van der Waals surface area contributed by atoms with E-state index in [1.807, 2.05) is 18.2 Å². The Kier molecular flexibility index (Phi) is 6.34. The number of phenols is 1. The van der Waals surface area contributed by atoms with Crippen LogP contribution in [0.15, 0.2) is 46.9 Å². The Morgan fingerprint density at radius 1 is 1.29 bits per heavy atom. The van der Waals surface area contributed by atoms with E-state index in [9.17, 15) is 9.90 Å². The Bertz CT molecular complexity index is 764. The fourth-order valence-electron chi connectivity index (χ4n) is 2.17. The van der Waals surface area contributed by atoms with Crippen molar-refractivity contribution in [1.29, 1.82) is 0 Å². The quantitative estimate of drug-likeness (QED) is 0.504. The summed E-state index contributed by atoms with van der Waals surface area (Å²) in [6, 6.07) is 12.4. The maximum Gasteiger partial charge on any atom is 0.258 e. The average molecular weight is 407 g/mol. The molecule has 2 rings (SSSR count). The number of phenolic OH excluding ortho intramolecular Hbond substituents is 1. The maximum atomic E-state index is 12.2. The zero-order valence-electron chi connectivity index (χ0n) is 13.5. The van der Waals surface area contributed by atoms with Gasteiger partial charge in [-0.15, -0.1) is 0 Å². The predicted octanol–water partition coefficient (Wildman–Crippen LogP) is 4.80. The van der Waals surface area contributed by atoms with E-state index in [4.69, 9.17) is 12.2 Å². The van der Waals surface area contributed by atoms with Gasteiger partial charge >= 0.3 is 0 Å². The lowest BCUT2D eigenvalue weighted by molar-refractivity contribution is 0.0977. The van der Waals surface area contributed by atoms with Crippen molar-refractivity contribution < 1.29 is 9.90 Å². The molecular weight excluding hydrogens is 388 g/mol. The molecule has 2 aromatic carbocycles. The van der Waals surface area contributed by atoms with Crippen LogP contribution in [0.4, 0.5) is 5.69 Å². The molecule has 0 aliphatic heterocycles. The number of hydrogen-bond donors (Lipinski definition) is 3. The number of hydrogen-bond acceptors (Lipinski definition) is 3. The lowest BCUT2D eigenvalue weighted by Crippen LogP contribution is -2.34. The number of aromatic hydroxyl groups is 1. The largest absolute Gasteiger partial charge is 0.506 e. The van der Waals surface area contributed by atoms with Gasteiger partial charge in [-0.05, 0) is 70.3 Å². The van der Waals surface area contributed by atoms with Crippen molar-refractivity contribution >= 4 is 44.9 Å². The summed E-state index contributed by atoms with van der Waals surface area (Å²) >= 11 is 8.52. The fourth-order valence-corrected chi connectivity index (χ4v) is 2.83. The molecule has 0 radical (unpaired) electrons. The molecule has 0 aromatic heterocycles. The third-order valence-corrected chi connectivity index (χ3v) is 4.69. The summed E-state index contributed by atoms with van der Waals surface area (Å²) in [6.45, 7) is 4.22. The zero-order valence-corrected chi connectivity index (χ0v) is 15.9. The van der Waals surface area contributed by atoms with Crippen LogP contribution < -0.4 is 10.6 Å². The van der Waals surface area contributed by atoms with E-state index in [-0.39, 0.29) is 16.8 Å². The van der Waals surface area contributed by atoms with Gasteiger partial charge in [0, 0.05) is 4.47 Å². The van der Waals surface area contributed by atoms with Crippen molar-refractivity contribution in [3.05, 3.63) is 58.1 Å². The molecule has 0 unspecified atom stereocenters. The summed E-state index contributed by atoms with van der Waals surface area (Å²) in [7, 11) is 0. The lowest BCUT2D eigenvalue weighted by Gasteiger charge is -2.15. The fraction of sp³-hybridized carbons (Fsp3) is 0.222. The molecule has 3 N–H and O–H groups in total. The van der Waals surface area contributed by atoms with Gasteiger partial charge in [0.2, 0.25) is 0 Å². The van der Waals surface area contributed by atoms with Crippen LogP contribution in [0.1, 0.15) is 42.1 Å². The molecule has 0 aliphatic carbocycles. The van der Waals surface area contributed by atoms with Crippen LogP contribution in [0.25, 0.3) is 0 Å². The van der Waals surface area contributed by atoms with Crippen molar-refractivity contribution in [1.82, 2.24) is 5.32 Å². The van der Waals surface area contributed by atoms with Crippen molar-refractivity contribution in [2.45, 2.75) is 26.2 Å². The molecule has 4 nitrogen and oxygen atoms in total. The number of benzene rings is 2. The molecule has 0 heterocycles. The minimum absolute atomic E-state index is 0.0829. The standard InChI is InChI=1S/C18H19BrN2O2S/c1-3-11(2)12-8-9-16(22)15(10-12)20-18(24)21-17(23)13-6-4-5-7-14(13)19/h4-11,22H,3H2,1-2H3,(H2,20,21,23,24)/t11-/m1/s1. The topological polar surface area (TPSA) is 61.4 Å². The minimum Gasteiger partial charge on any atom is -0.506 e. The van der Waals surface area contributed by atoms with E-state index in [0.717, 1.165) is 12.0 Å². The van der Waals surface area contributed by atoms with Gasteiger partial charge in [0.25, 0.3) is 5.91 Å². The first-order valence-electron chi connectivity index (χ1n) is 7.62. The third kappa shape index (κ3) is 4.55. The molecule has 0 aliphatic rings. The van der Waals surface area contributed by atoms with Gasteiger partial charge in [0.05, 0.1) is 11.3 Å². The van der Waals surface area contributed by atoms with Crippen molar-refractivity contribution in [2.24, 2.45) is 0 Å². The highest BCUT2D eigenvalue weighted by molar-refractivity contribution is 9.10. The molecule has 6 heteroatoms. The summed E-state index contributed by atoms with van der Waals surface area (Å²) in [4.78, 5) is 12.2. The summed E-state index contributed by atoms with van der Waals surface area (Å²) in [5.74, 6) is 0.131. The number of nitrogens with one attached hydrogen (secondary N) is 2. The number of rotatable bonds is 4. The minimum atomic E-state index is -0.322. The molecular formula is C18H19BrN2O2S. The molecule has 1 amide bonds. The normalized spacial score (nSPS) is 11.6. The Hall–Kier alpha value is -1.92. The molecule has 24 heavy (non-hydrogen) atoms. The highest BCUT2D eigenvalue weighted by Gasteiger charge is 2.13. The molecule has 0 saturated carbocycles. The van der Waals surface area contributed by atoms with Crippen LogP contribution in [0.2, 0.25) is 0 Å². The number of anilines is 1. The Morgan fingerprint density at radius 3 is 2.67 bits per heavy atom. The van der Waals surface area contributed by atoms with Gasteiger partial charge in [-0.1, -0.05) is 32.0 Å². The number of carbonyl (C=O) groups excluding carboxylic acids is 1. The van der Waals surface area contributed by atoms with Gasteiger partial charge in [-0.3, -0.25) is 10.1 Å². The van der Waals surface area contributed by atoms with Gasteiger partial charge in [0.1, 0.15) is 5.75 Å². The number of halogens is 1. The van der Waals surface area contributed by atoms with E-state index in [1.165, 1.54) is 0 Å². The average Bonchev–Trinajstić information content (AvgIpc) is 2.56. The molecule has 0 bridgehead atoms. The number of thiocarbonyl (C=S) groups is 1. The molecule has 126 valence electrons. The van der Waals surface area contributed by atoms with E-state index in [2.05, 4.69) is 40.4 Å². The molecule has 0 fully saturated rings. The van der Waals surface area contributed by atoms with Crippen molar-refractivity contribution in [3.8, 4) is 5.75 Å². The number of amides is 1. The summed E-state index contributed by atoms with van der Waals surface area (Å²) in [5, 5.41) is 15.6. The summed E-state index contributed by atoms with van der Waals surface area (Å²) in [5.41, 5.74) is 2.06. The van der Waals surface area contributed by atoms with Crippen LogP contribution in [-0.2, 0) is 0 Å². The van der Waals surface area contributed by atoms with Gasteiger partial charge in [-0.25, -0.2) is 0 Å². The van der Waals surface area contributed by atoms with Gasteiger partial charge < -0.3 is 10.4 Å². The van der Waals surface area contributed by atoms with Crippen molar-refractivity contribution in [2.75, 3.05) is 5.32 Å². The molecule has 2 aromatic rings. The van der Waals surface area contributed by atoms with Gasteiger partial charge in [-0.2, -0.15) is 0 Å². The second kappa shape index (κ2) is 8.26. The Morgan fingerprint density at radius 2 is 2.00 bits per heavy atom. The third-order valence-electron chi connectivity index (χ3n) is 3.80. The van der Waals surface area contributed by atoms with E-state index < -0.39 is 0 Å². The second-order valence-corrected chi connectivity index (χ2v) is 6.74. The molecule has 0 spiro atoms. The first kappa shape index (κ1) is 18.4. The highest BCUT2D eigenvalue weighted by Crippen LogP contribution is 2.29. The maximum absolute atomic E-state index is 12.2. The van der Waals surface area contributed by atoms with Crippen LogP contribution in [0.3, 0.4) is 0 Å². The molecule has 0 saturated heterocycles. The first-order chi connectivity index (χ1) is 11.4. The SMILES string of the molecule is CC[C@@H](C)c1ccc(O)c(NC(=S)NC(=O)c2ccccc2Br)c1. The monoisotopic (exact) mass is 406 g/mol. The van der Waals surface area contributed by atoms with Crippen LogP contribution in [0.5, 0.6) is 5.75 Å². The van der Waals surface area contributed by atoms with E-state index >= 15 is 0 Å². The van der Waals surface area contributed by atoms with Crippen molar-refractivity contribution in [3.63, 3.8) is 0 Å². The first-order valence-corrected chi connectivity index (χ1v) is 8.82. The highest BCUT2D eigenvalue weighted by atomic mass is 79.9. The summed E-state index contributed by atoms with van der Waals surface area (Å²) in [6.07, 6.45) is 0.993. The lowest BCUT2D eigenvalue weighted by atomic mass is 9.98. The summed E-state index contributed by atoms with van der Waals surface area (Å²) < 4.78 is 0.687. The second-order valence-electron chi connectivity index (χ2n) is 5.47. The zero-order chi connectivity index (χ0) is 17.7. The number of carbonyl (C=O) groups is 1. The van der Waals surface area contributed by atoms with Crippen LogP contribution in [-0.4, -0.2) is 16.1 Å².